The third kappa shape index (κ3) is 8.95. The van der Waals surface area contributed by atoms with Gasteiger partial charge in [-0.2, -0.15) is 10.0 Å². The van der Waals surface area contributed by atoms with Crippen molar-refractivity contribution in [1.29, 1.82) is 0 Å². The molecular formula is C26H30F2N10O5. The molecule has 43 heavy (non-hydrogen) atoms. The summed E-state index contributed by atoms with van der Waals surface area (Å²) in [7, 11) is 0. The lowest BCUT2D eigenvalue weighted by Crippen LogP contribution is -2.43. The van der Waals surface area contributed by atoms with E-state index in [0.29, 0.717) is 0 Å². The van der Waals surface area contributed by atoms with E-state index in [1.165, 1.54) is 18.3 Å². The van der Waals surface area contributed by atoms with Gasteiger partial charge in [-0.3, -0.25) is 4.79 Å². The summed E-state index contributed by atoms with van der Waals surface area (Å²) < 4.78 is 45.7. The quantitative estimate of drug-likeness (QED) is 0.266. The number of esters is 1. The smallest absolute Gasteiger partial charge is 0.407 e. The molecular weight excluding hydrogens is 570 g/mol. The fourth-order valence-electron chi connectivity index (χ4n) is 3.60. The van der Waals surface area contributed by atoms with E-state index in [1.807, 2.05) is 0 Å². The molecule has 4 aromatic rings. The number of nitrogens with one attached hydrogen (secondary N) is 2. The number of aromatic amines is 1. The van der Waals surface area contributed by atoms with Crippen LogP contribution >= 0.6 is 0 Å². The number of hydrogen-bond acceptors (Lipinski definition) is 12. The Balaban J connectivity index is 1.46. The van der Waals surface area contributed by atoms with Crippen LogP contribution in [0, 0.1) is 11.6 Å². The summed E-state index contributed by atoms with van der Waals surface area (Å²) in [5.74, 6) is -2.53. The minimum absolute atomic E-state index is 0.0247. The van der Waals surface area contributed by atoms with Crippen molar-refractivity contribution in [2.45, 2.75) is 71.8 Å². The van der Waals surface area contributed by atoms with Gasteiger partial charge in [0.15, 0.2) is 5.82 Å². The predicted molar refractivity (Wildman–Crippen MR) is 144 cm³/mol. The lowest BCUT2D eigenvalue weighted by atomic mass is 10.1. The van der Waals surface area contributed by atoms with Gasteiger partial charge in [-0.05, 0) is 70.2 Å². The molecule has 2 N–H and O–H groups in total. The number of pyridine rings is 1. The zero-order valence-corrected chi connectivity index (χ0v) is 24.3. The standard InChI is InChI=1S/C26H30F2N10O5/c1-25(2,3)42-20(39)10-15(30-24(40)43-26(4,5)6)13-38-34-22(33-37-38)17-8-7-16(11-18(17)27)41-23-19(28)9-14(12-29-23)21-31-35-36-32-21/h7-9,11-12,15H,10,13H2,1-6H3,(H,30,40)(H,31,32,35,36)/t15-/m0/s1. The molecule has 1 atom stereocenters. The molecule has 0 aliphatic heterocycles. The number of carbonyl (C=O) groups excluding carboxylic acids is 2. The zero-order chi connectivity index (χ0) is 31.4. The third-order valence-corrected chi connectivity index (χ3v) is 5.20. The first-order chi connectivity index (χ1) is 20.1. The number of aromatic nitrogens is 9. The van der Waals surface area contributed by atoms with E-state index in [-0.39, 0.29) is 41.5 Å². The molecule has 4 rings (SSSR count). The topological polar surface area (TPSA) is 185 Å². The molecule has 3 aromatic heterocycles. The summed E-state index contributed by atoms with van der Waals surface area (Å²) in [6, 6.07) is 3.99. The van der Waals surface area contributed by atoms with Crippen LogP contribution in [0.1, 0.15) is 48.0 Å². The summed E-state index contributed by atoms with van der Waals surface area (Å²) >= 11 is 0. The van der Waals surface area contributed by atoms with E-state index < -0.39 is 46.8 Å². The third-order valence-electron chi connectivity index (χ3n) is 5.20. The average molecular weight is 601 g/mol. The SMILES string of the molecule is CC(C)(C)OC(=O)C[C@@H](Cn1nnc(-c2ccc(Oc3ncc(-c4nn[nH]n4)cc3F)cc2F)n1)NC(=O)OC(C)(C)C. The summed E-state index contributed by atoms with van der Waals surface area (Å²) in [4.78, 5) is 29.9. The van der Waals surface area contributed by atoms with Crippen molar-refractivity contribution >= 4 is 12.1 Å². The van der Waals surface area contributed by atoms with E-state index in [4.69, 9.17) is 14.2 Å². The molecule has 228 valence electrons. The lowest BCUT2D eigenvalue weighted by Gasteiger charge is -2.24. The molecule has 0 spiro atoms. The Hall–Kier alpha value is -5.09. The number of benzene rings is 1. The van der Waals surface area contributed by atoms with E-state index in [1.54, 1.807) is 41.5 Å². The van der Waals surface area contributed by atoms with Gasteiger partial charge in [0.25, 0.3) is 5.88 Å². The second-order valence-corrected chi connectivity index (χ2v) is 11.3. The maximum atomic E-state index is 15.0. The Bertz CT molecular complexity index is 1550. The van der Waals surface area contributed by atoms with Crippen LogP contribution in [0.25, 0.3) is 22.8 Å². The number of nitrogens with zero attached hydrogens (tertiary/aromatic N) is 8. The summed E-state index contributed by atoms with van der Waals surface area (Å²) in [6.45, 7) is 10.2. The summed E-state index contributed by atoms with van der Waals surface area (Å²) in [5.41, 5.74) is -1.26. The number of H-pyrrole nitrogens is 1. The Morgan fingerprint density at radius 2 is 1.74 bits per heavy atom. The van der Waals surface area contributed by atoms with Crippen LogP contribution in [0.2, 0.25) is 0 Å². The van der Waals surface area contributed by atoms with Gasteiger partial charge in [-0.1, -0.05) is 0 Å². The van der Waals surface area contributed by atoms with E-state index in [0.717, 1.165) is 16.9 Å². The van der Waals surface area contributed by atoms with Crippen molar-refractivity contribution in [3.05, 3.63) is 42.1 Å². The molecule has 17 heteroatoms. The predicted octanol–water partition coefficient (Wildman–Crippen LogP) is 3.61. The molecule has 1 aromatic carbocycles. The maximum Gasteiger partial charge on any atom is 0.407 e. The van der Waals surface area contributed by atoms with Gasteiger partial charge >= 0.3 is 12.1 Å². The molecule has 0 fully saturated rings. The van der Waals surface area contributed by atoms with Gasteiger partial charge in [0.05, 0.1) is 24.6 Å². The first-order valence-electron chi connectivity index (χ1n) is 13.0. The number of ether oxygens (including phenoxy) is 3. The molecule has 0 radical (unpaired) electrons. The molecule has 3 heterocycles. The summed E-state index contributed by atoms with van der Waals surface area (Å²) in [5, 5.41) is 27.8. The fourth-order valence-corrected chi connectivity index (χ4v) is 3.60. The number of carbonyl (C=O) groups is 2. The molecule has 0 saturated heterocycles. The Morgan fingerprint density at radius 1 is 1.00 bits per heavy atom. The van der Waals surface area contributed by atoms with Gasteiger partial charge in [0, 0.05) is 17.8 Å². The molecule has 0 aliphatic carbocycles. The zero-order valence-electron chi connectivity index (χ0n) is 24.3. The highest BCUT2D eigenvalue weighted by Crippen LogP contribution is 2.28. The molecule has 0 aliphatic rings. The van der Waals surface area contributed by atoms with E-state index in [2.05, 4.69) is 46.3 Å². The lowest BCUT2D eigenvalue weighted by molar-refractivity contribution is -0.155. The van der Waals surface area contributed by atoms with Gasteiger partial charge in [-0.25, -0.2) is 18.6 Å². The number of alkyl carbamates (subject to hydrolysis) is 1. The van der Waals surface area contributed by atoms with Crippen LogP contribution < -0.4 is 10.1 Å². The van der Waals surface area contributed by atoms with Gasteiger partial charge in [-0.15, -0.1) is 20.4 Å². The maximum absolute atomic E-state index is 15.0. The average Bonchev–Trinajstić information content (AvgIpc) is 3.56. The first kappa shape index (κ1) is 30.9. The van der Waals surface area contributed by atoms with Crippen molar-refractivity contribution in [2.75, 3.05) is 0 Å². The molecule has 0 saturated carbocycles. The molecule has 0 unspecified atom stereocenters. The van der Waals surface area contributed by atoms with Gasteiger partial charge in [0.2, 0.25) is 11.6 Å². The number of amides is 1. The van der Waals surface area contributed by atoms with Crippen molar-refractivity contribution in [2.24, 2.45) is 0 Å². The van der Waals surface area contributed by atoms with Crippen molar-refractivity contribution in [1.82, 2.24) is 51.1 Å². The van der Waals surface area contributed by atoms with Crippen LogP contribution in [0.3, 0.4) is 0 Å². The van der Waals surface area contributed by atoms with Crippen LogP contribution in [-0.4, -0.2) is 75.1 Å². The van der Waals surface area contributed by atoms with Crippen molar-refractivity contribution in [3.8, 4) is 34.4 Å². The van der Waals surface area contributed by atoms with Crippen molar-refractivity contribution in [3.63, 3.8) is 0 Å². The monoisotopic (exact) mass is 600 g/mol. The van der Waals surface area contributed by atoms with E-state index in [9.17, 15) is 14.0 Å². The van der Waals surface area contributed by atoms with Crippen LogP contribution in [0.15, 0.2) is 30.5 Å². The first-order valence-corrected chi connectivity index (χ1v) is 13.0. The van der Waals surface area contributed by atoms with Crippen LogP contribution in [0.4, 0.5) is 13.6 Å². The minimum atomic E-state index is -0.832. The highest BCUT2D eigenvalue weighted by atomic mass is 19.1. The second-order valence-electron chi connectivity index (χ2n) is 11.3. The Kier molecular flexibility index (Phi) is 8.91. The fraction of sp³-hybridized carbons (Fsp3) is 0.423. The van der Waals surface area contributed by atoms with E-state index >= 15 is 4.39 Å². The highest BCUT2D eigenvalue weighted by Gasteiger charge is 2.26. The number of rotatable bonds is 9. The molecule has 15 nitrogen and oxygen atoms in total. The largest absolute Gasteiger partial charge is 0.460 e. The normalized spacial score (nSPS) is 12.5. The molecule has 1 amide bonds. The Morgan fingerprint density at radius 3 is 2.37 bits per heavy atom. The number of tetrazole rings is 2. The number of hydrogen-bond donors (Lipinski definition) is 2. The minimum Gasteiger partial charge on any atom is -0.460 e. The van der Waals surface area contributed by atoms with Crippen molar-refractivity contribution < 1.29 is 32.6 Å². The second kappa shape index (κ2) is 12.4. The van der Waals surface area contributed by atoms with Crippen LogP contribution in [0.5, 0.6) is 11.6 Å². The Labute approximate surface area is 244 Å². The van der Waals surface area contributed by atoms with Crippen LogP contribution in [-0.2, 0) is 20.8 Å². The summed E-state index contributed by atoms with van der Waals surface area (Å²) in [6.07, 6.45) is 0.316. The molecule has 0 bridgehead atoms. The number of halogens is 2. The van der Waals surface area contributed by atoms with Gasteiger partial charge in [0.1, 0.15) is 22.8 Å². The van der Waals surface area contributed by atoms with Gasteiger partial charge < -0.3 is 19.5 Å². The highest BCUT2D eigenvalue weighted by molar-refractivity contribution is 5.73.